The van der Waals surface area contributed by atoms with Gasteiger partial charge in [0.1, 0.15) is 0 Å². The number of nitrogens with one attached hydrogen (secondary N) is 1. The predicted molar refractivity (Wildman–Crippen MR) is 70.3 cm³/mol. The summed E-state index contributed by atoms with van der Waals surface area (Å²) < 4.78 is 0. The van der Waals surface area contributed by atoms with Gasteiger partial charge >= 0.3 is 0 Å². The zero-order valence-corrected chi connectivity index (χ0v) is 10.7. The van der Waals surface area contributed by atoms with Crippen LogP contribution in [0.4, 0.5) is 5.69 Å². The third-order valence-electron chi connectivity index (χ3n) is 3.26. The molecule has 1 atom stereocenters. The van der Waals surface area contributed by atoms with Gasteiger partial charge in [0.25, 0.3) is 5.91 Å². The van der Waals surface area contributed by atoms with E-state index in [1.807, 2.05) is 24.3 Å². The minimum absolute atomic E-state index is 0.0480. The summed E-state index contributed by atoms with van der Waals surface area (Å²) >= 11 is 0. The van der Waals surface area contributed by atoms with Crippen molar-refractivity contribution in [1.29, 1.82) is 0 Å². The number of carbonyl (C=O) groups is 1. The minimum atomic E-state index is 0.0480. The van der Waals surface area contributed by atoms with Gasteiger partial charge in [-0.05, 0) is 49.9 Å². The summed E-state index contributed by atoms with van der Waals surface area (Å²) in [4.78, 5) is 13.3. The molecule has 0 radical (unpaired) electrons. The summed E-state index contributed by atoms with van der Waals surface area (Å²) in [5.41, 5.74) is 1.83. The maximum Gasteiger partial charge on any atom is 0.253 e. The Bertz CT molecular complexity index is 393. The van der Waals surface area contributed by atoms with E-state index >= 15 is 0 Å². The Kier molecular flexibility index (Phi) is 3.36. The molecule has 1 saturated carbocycles. The number of anilines is 1. The van der Waals surface area contributed by atoms with Crippen molar-refractivity contribution in [3.63, 3.8) is 0 Å². The van der Waals surface area contributed by atoms with E-state index in [0.29, 0.717) is 6.04 Å². The van der Waals surface area contributed by atoms with Crippen LogP contribution in [-0.4, -0.2) is 30.9 Å². The van der Waals surface area contributed by atoms with Crippen molar-refractivity contribution in [3.05, 3.63) is 29.8 Å². The molecule has 0 spiro atoms. The first-order valence-electron chi connectivity index (χ1n) is 6.16. The fourth-order valence-electron chi connectivity index (χ4n) is 1.94. The van der Waals surface area contributed by atoms with E-state index in [9.17, 15) is 4.79 Å². The lowest BCUT2D eigenvalue weighted by Crippen LogP contribution is -2.21. The van der Waals surface area contributed by atoms with Crippen LogP contribution in [0.15, 0.2) is 24.3 Å². The molecule has 1 aliphatic rings. The number of nitrogens with zero attached hydrogens (tertiary/aromatic N) is 1. The molecule has 1 N–H and O–H groups in total. The summed E-state index contributed by atoms with van der Waals surface area (Å²) in [5, 5.41) is 3.47. The molecule has 3 nitrogen and oxygen atoms in total. The van der Waals surface area contributed by atoms with Gasteiger partial charge < -0.3 is 10.2 Å². The highest BCUT2D eigenvalue weighted by Crippen LogP contribution is 2.33. The standard InChI is InChI=1S/C14H20N2O/c1-10(11-4-5-11)15-13-8-6-12(7-9-13)14(17)16(2)3/h6-11,15H,4-5H2,1-3H3. The van der Waals surface area contributed by atoms with Crippen LogP contribution in [0.3, 0.4) is 0 Å². The molecule has 1 aromatic carbocycles. The summed E-state index contributed by atoms with van der Waals surface area (Å²) in [6, 6.07) is 8.25. The van der Waals surface area contributed by atoms with E-state index in [2.05, 4.69) is 12.2 Å². The van der Waals surface area contributed by atoms with Gasteiger partial charge in [-0.2, -0.15) is 0 Å². The zero-order valence-electron chi connectivity index (χ0n) is 10.7. The monoisotopic (exact) mass is 232 g/mol. The van der Waals surface area contributed by atoms with E-state index in [1.54, 1.807) is 19.0 Å². The Hall–Kier alpha value is -1.51. The largest absolute Gasteiger partial charge is 0.382 e. The predicted octanol–water partition coefficient (Wildman–Crippen LogP) is 2.60. The molecular formula is C14H20N2O. The molecule has 92 valence electrons. The van der Waals surface area contributed by atoms with E-state index in [1.165, 1.54) is 12.8 Å². The fourth-order valence-corrected chi connectivity index (χ4v) is 1.94. The number of benzene rings is 1. The van der Waals surface area contributed by atoms with Gasteiger partial charge in [-0.15, -0.1) is 0 Å². The molecule has 2 rings (SSSR count). The molecule has 1 unspecified atom stereocenters. The normalized spacial score (nSPS) is 16.4. The van der Waals surface area contributed by atoms with Gasteiger partial charge in [0.2, 0.25) is 0 Å². The van der Waals surface area contributed by atoms with Crippen LogP contribution in [0.1, 0.15) is 30.1 Å². The fraction of sp³-hybridized carbons (Fsp3) is 0.500. The molecular weight excluding hydrogens is 212 g/mol. The van der Waals surface area contributed by atoms with Gasteiger partial charge in [-0.3, -0.25) is 4.79 Å². The van der Waals surface area contributed by atoms with Crippen LogP contribution in [0, 0.1) is 5.92 Å². The molecule has 1 aliphatic carbocycles. The van der Waals surface area contributed by atoms with Crippen LogP contribution < -0.4 is 5.32 Å². The molecule has 1 fully saturated rings. The minimum Gasteiger partial charge on any atom is -0.382 e. The molecule has 0 aliphatic heterocycles. The highest BCUT2D eigenvalue weighted by molar-refractivity contribution is 5.94. The number of carbonyl (C=O) groups excluding carboxylic acids is 1. The summed E-state index contributed by atoms with van der Waals surface area (Å²) in [7, 11) is 3.54. The van der Waals surface area contributed by atoms with Crippen LogP contribution in [0.2, 0.25) is 0 Å². The maximum absolute atomic E-state index is 11.7. The summed E-state index contributed by atoms with van der Waals surface area (Å²) in [5.74, 6) is 0.880. The molecule has 0 bridgehead atoms. The van der Waals surface area contributed by atoms with Gasteiger partial charge in [0.15, 0.2) is 0 Å². The van der Waals surface area contributed by atoms with E-state index < -0.39 is 0 Å². The van der Waals surface area contributed by atoms with Crippen LogP contribution in [0.25, 0.3) is 0 Å². The van der Waals surface area contributed by atoms with Crippen LogP contribution in [0.5, 0.6) is 0 Å². The number of amides is 1. The molecule has 0 saturated heterocycles. The molecule has 3 heteroatoms. The van der Waals surface area contributed by atoms with E-state index in [4.69, 9.17) is 0 Å². The van der Waals surface area contributed by atoms with Gasteiger partial charge in [0.05, 0.1) is 0 Å². The molecule has 1 amide bonds. The lowest BCUT2D eigenvalue weighted by atomic mass is 10.1. The third kappa shape index (κ3) is 2.99. The Morgan fingerprint density at radius 3 is 2.35 bits per heavy atom. The average Bonchev–Trinajstić information content (AvgIpc) is 3.12. The highest BCUT2D eigenvalue weighted by atomic mass is 16.2. The maximum atomic E-state index is 11.7. The average molecular weight is 232 g/mol. The lowest BCUT2D eigenvalue weighted by Gasteiger charge is -2.15. The summed E-state index contributed by atoms with van der Waals surface area (Å²) in [6.45, 7) is 2.22. The second-order valence-electron chi connectivity index (χ2n) is 5.05. The quantitative estimate of drug-likeness (QED) is 0.865. The molecule has 0 aromatic heterocycles. The van der Waals surface area contributed by atoms with Crippen molar-refractivity contribution < 1.29 is 4.79 Å². The Morgan fingerprint density at radius 1 is 1.29 bits per heavy atom. The molecule has 1 aromatic rings. The topological polar surface area (TPSA) is 32.3 Å². The first kappa shape index (κ1) is 12.0. The van der Waals surface area contributed by atoms with Crippen molar-refractivity contribution in [2.75, 3.05) is 19.4 Å². The SMILES string of the molecule is CC(Nc1ccc(C(=O)N(C)C)cc1)C1CC1. The smallest absolute Gasteiger partial charge is 0.253 e. The van der Waals surface area contributed by atoms with Crippen molar-refractivity contribution in [1.82, 2.24) is 4.90 Å². The lowest BCUT2D eigenvalue weighted by molar-refractivity contribution is 0.0827. The Balaban J connectivity index is 1.99. The number of hydrogen-bond donors (Lipinski definition) is 1. The van der Waals surface area contributed by atoms with Crippen molar-refractivity contribution in [2.45, 2.75) is 25.8 Å². The van der Waals surface area contributed by atoms with E-state index in [0.717, 1.165) is 17.2 Å². The molecule has 0 heterocycles. The first-order chi connectivity index (χ1) is 8.08. The van der Waals surface area contributed by atoms with Gasteiger partial charge in [-0.1, -0.05) is 0 Å². The Morgan fingerprint density at radius 2 is 1.88 bits per heavy atom. The first-order valence-corrected chi connectivity index (χ1v) is 6.16. The zero-order chi connectivity index (χ0) is 12.4. The van der Waals surface area contributed by atoms with Crippen molar-refractivity contribution in [2.24, 2.45) is 5.92 Å². The second kappa shape index (κ2) is 4.78. The van der Waals surface area contributed by atoms with Crippen molar-refractivity contribution >= 4 is 11.6 Å². The van der Waals surface area contributed by atoms with Crippen LogP contribution in [-0.2, 0) is 0 Å². The second-order valence-corrected chi connectivity index (χ2v) is 5.05. The molecule has 17 heavy (non-hydrogen) atoms. The third-order valence-corrected chi connectivity index (χ3v) is 3.26. The van der Waals surface area contributed by atoms with Crippen molar-refractivity contribution in [3.8, 4) is 0 Å². The summed E-state index contributed by atoms with van der Waals surface area (Å²) in [6.07, 6.45) is 2.68. The number of rotatable bonds is 4. The number of hydrogen-bond acceptors (Lipinski definition) is 2. The van der Waals surface area contributed by atoms with Gasteiger partial charge in [0, 0.05) is 31.4 Å². The highest BCUT2D eigenvalue weighted by Gasteiger charge is 2.27. The van der Waals surface area contributed by atoms with Crippen LogP contribution >= 0.6 is 0 Å². The van der Waals surface area contributed by atoms with E-state index in [-0.39, 0.29) is 5.91 Å². The Labute approximate surface area is 103 Å². The van der Waals surface area contributed by atoms with Gasteiger partial charge in [-0.25, -0.2) is 0 Å².